The van der Waals surface area contributed by atoms with Crippen LogP contribution in [0.3, 0.4) is 0 Å². The smallest absolute Gasteiger partial charge is 0.250 e. The van der Waals surface area contributed by atoms with Crippen LogP contribution in [-0.4, -0.2) is 39.2 Å². The van der Waals surface area contributed by atoms with E-state index in [9.17, 15) is 8.42 Å². The van der Waals surface area contributed by atoms with E-state index >= 15 is 0 Å². The number of thioether (sulfide) groups is 1. The van der Waals surface area contributed by atoms with E-state index in [4.69, 9.17) is 4.74 Å². The van der Waals surface area contributed by atoms with Gasteiger partial charge >= 0.3 is 0 Å². The minimum Gasteiger partial charge on any atom is -0.381 e. The maximum Gasteiger partial charge on any atom is 0.250 e. The lowest BCUT2D eigenvalue weighted by Crippen LogP contribution is -2.26. The van der Waals surface area contributed by atoms with Gasteiger partial charge in [0.2, 0.25) is 10.0 Å². The standard InChI is InChI=1S/C11H17NO3S3/c13-18(14,11-2-1-8-17-11)12-5-9-16-10-3-6-15-7-4-10/h1-2,8,10,12H,3-7,9H2. The second-order valence-electron chi connectivity index (χ2n) is 4.01. The predicted molar refractivity (Wildman–Crippen MR) is 75.8 cm³/mol. The van der Waals surface area contributed by atoms with Crippen LogP contribution in [0.2, 0.25) is 0 Å². The first-order chi connectivity index (χ1) is 8.68. The van der Waals surface area contributed by atoms with Crippen LogP contribution in [0, 0.1) is 0 Å². The van der Waals surface area contributed by atoms with Gasteiger partial charge in [-0.05, 0) is 24.3 Å². The van der Waals surface area contributed by atoms with Gasteiger partial charge in [-0.15, -0.1) is 11.3 Å². The normalized spacial score (nSPS) is 18.0. The molecule has 0 saturated carbocycles. The summed E-state index contributed by atoms with van der Waals surface area (Å²) in [7, 11) is -3.29. The minimum absolute atomic E-state index is 0.388. The van der Waals surface area contributed by atoms with Crippen LogP contribution >= 0.6 is 23.1 Å². The van der Waals surface area contributed by atoms with Crippen molar-refractivity contribution in [3.05, 3.63) is 17.5 Å². The lowest BCUT2D eigenvalue weighted by Gasteiger charge is -2.21. The Hall–Kier alpha value is -0.0800. The van der Waals surface area contributed by atoms with Gasteiger partial charge in [0.1, 0.15) is 4.21 Å². The number of hydrogen-bond donors (Lipinski definition) is 1. The van der Waals surface area contributed by atoms with Crippen LogP contribution in [-0.2, 0) is 14.8 Å². The molecule has 0 radical (unpaired) electrons. The van der Waals surface area contributed by atoms with Crippen LogP contribution in [0.1, 0.15) is 12.8 Å². The van der Waals surface area contributed by atoms with Crippen molar-refractivity contribution in [3.8, 4) is 0 Å². The maximum absolute atomic E-state index is 11.8. The van der Waals surface area contributed by atoms with Gasteiger partial charge in [-0.2, -0.15) is 11.8 Å². The average molecular weight is 307 g/mol. The van der Waals surface area contributed by atoms with Crippen LogP contribution in [0.4, 0.5) is 0 Å². The summed E-state index contributed by atoms with van der Waals surface area (Å²) in [6, 6.07) is 3.37. The molecule has 0 amide bonds. The first-order valence-corrected chi connectivity index (χ1v) is 9.32. The highest BCUT2D eigenvalue weighted by molar-refractivity contribution is 8.00. The average Bonchev–Trinajstić information content (AvgIpc) is 2.91. The van der Waals surface area contributed by atoms with Gasteiger partial charge < -0.3 is 4.74 Å². The van der Waals surface area contributed by atoms with Crippen molar-refractivity contribution in [2.75, 3.05) is 25.5 Å². The van der Waals surface area contributed by atoms with Crippen molar-refractivity contribution < 1.29 is 13.2 Å². The van der Waals surface area contributed by atoms with E-state index in [1.807, 2.05) is 11.8 Å². The Kier molecular flexibility index (Phi) is 5.50. The molecule has 7 heteroatoms. The summed E-state index contributed by atoms with van der Waals surface area (Å²) in [5, 5.41) is 2.38. The third-order valence-electron chi connectivity index (χ3n) is 2.68. The van der Waals surface area contributed by atoms with E-state index in [0.29, 0.717) is 16.0 Å². The van der Waals surface area contributed by atoms with Crippen LogP contribution in [0.25, 0.3) is 0 Å². The Morgan fingerprint density at radius 3 is 2.89 bits per heavy atom. The predicted octanol–water partition coefficient (Wildman–Crippen LogP) is 1.94. The van der Waals surface area contributed by atoms with Crippen LogP contribution in [0.15, 0.2) is 21.7 Å². The zero-order valence-electron chi connectivity index (χ0n) is 10.0. The lowest BCUT2D eigenvalue weighted by molar-refractivity contribution is 0.100. The molecule has 0 atom stereocenters. The van der Waals surface area contributed by atoms with Crippen molar-refractivity contribution in [1.82, 2.24) is 4.72 Å². The molecule has 0 bridgehead atoms. The lowest BCUT2D eigenvalue weighted by atomic mass is 10.2. The van der Waals surface area contributed by atoms with Gasteiger partial charge in [0, 0.05) is 30.8 Å². The van der Waals surface area contributed by atoms with Crippen molar-refractivity contribution in [2.24, 2.45) is 0 Å². The van der Waals surface area contributed by atoms with Gasteiger partial charge in [0.05, 0.1) is 0 Å². The van der Waals surface area contributed by atoms with Crippen LogP contribution in [0.5, 0.6) is 0 Å². The molecule has 102 valence electrons. The second kappa shape index (κ2) is 6.91. The fourth-order valence-electron chi connectivity index (χ4n) is 1.73. The molecule has 0 aliphatic carbocycles. The van der Waals surface area contributed by atoms with E-state index in [1.165, 1.54) is 11.3 Å². The maximum atomic E-state index is 11.8. The molecule has 2 heterocycles. The monoisotopic (exact) mass is 307 g/mol. The molecule has 1 aliphatic rings. The van der Waals surface area contributed by atoms with Gasteiger partial charge in [0.15, 0.2) is 0 Å². The zero-order valence-corrected chi connectivity index (χ0v) is 12.5. The Morgan fingerprint density at radius 1 is 1.44 bits per heavy atom. The molecule has 18 heavy (non-hydrogen) atoms. The summed E-state index contributed by atoms with van der Waals surface area (Å²) in [5.74, 6) is 0.815. The van der Waals surface area contributed by atoms with E-state index in [1.54, 1.807) is 17.5 Å². The number of sulfonamides is 1. The molecule has 0 unspecified atom stereocenters. The summed E-state index contributed by atoms with van der Waals surface area (Å²) in [6.07, 6.45) is 2.14. The molecule has 4 nitrogen and oxygen atoms in total. The van der Waals surface area contributed by atoms with Gasteiger partial charge in [0.25, 0.3) is 0 Å². The van der Waals surface area contributed by atoms with E-state index in [0.717, 1.165) is 31.8 Å². The first-order valence-electron chi connectivity index (χ1n) is 5.91. The van der Waals surface area contributed by atoms with Crippen molar-refractivity contribution in [2.45, 2.75) is 22.3 Å². The van der Waals surface area contributed by atoms with Gasteiger partial charge in [-0.1, -0.05) is 6.07 Å². The third-order valence-corrected chi connectivity index (χ3v) is 6.92. The van der Waals surface area contributed by atoms with Crippen molar-refractivity contribution >= 4 is 33.1 Å². The zero-order chi connectivity index (χ0) is 12.8. The molecule has 1 aromatic rings. The summed E-state index contributed by atoms with van der Waals surface area (Å²) in [6.45, 7) is 2.15. The molecule has 1 saturated heterocycles. The Labute approximate surface area is 116 Å². The topological polar surface area (TPSA) is 55.4 Å². The van der Waals surface area contributed by atoms with E-state index < -0.39 is 10.0 Å². The van der Waals surface area contributed by atoms with E-state index in [2.05, 4.69) is 4.72 Å². The SMILES string of the molecule is O=S(=O)(NCCSC1CCOCC1)c1cccs1. The molecule has 0 spiro atoms. The van der Waals surface area contributed by atoms with Gasteiger partial charge in [-0.25, -0.2) is 13.1 Å². The Morgan fingerprint density at radius 2 is 2.22 bits per heavy atom. The highest BCUT2D eigenvalue weighted by Crippen LogP contribution is 2.21. The van der Waals surface area contributed by atoms with E-state index in [-0.39, 0.29) is 0 Å². The molecule has 1 fully saturated rings. The first kappa shape index (κ1) is 14.3. The molecule has 1 aliphatic heterocycles. The quantitative estimate of drug-likeness (QED) is 0.816. The number of thiophene rings is 1. The highest BCUT2D eigenvalue weighted by atomic mass is 32.2. The second-order valence-corrected chi connectivity index (χ2v) is 8.36. The summed E-state index contributed by atoms with van der Waals surface area (Å²) < 4.78 is 31.9. The number of hydrogen-bond acceptors (Lipinski definition) is 5. The number of ether oxygens (including phenoxy) is 1. The highest BCUT2D eigenvalue weighted by Gasteiger charge is 2.16. The fourth-order valence-corrected chi connectivity index (χ4v) is 5.01. The number of rotatable bonds is 6. The fraction of sp³-hybridized carbons (Fsp3) is 0.636. The Bertz CT molecular complexity index is 438. The summed E-state index contributed by atoms with van der Waals surface area (Å²) in [4.78, 5) is 0. The minimum atomic E-state index is -3.29. The Balaban J connectivity index is 1.69. The third kappa shape index (κ3) is 4.24. The molecule has 0 aromatic carbocycles. The molecular formula is C11H17NO3S3. The largest absolute Gasteiger partial charge is 0.381 e. The van der Waals surface area contributed by atoms with Gasteiger partial charge in [-0.3, -0.25) is 0 Å². The summed E-state index contributed by atoms with van der Waals surface area (Å²) in [5.41, 5.74) is 0. The molecular weight excluding hydrogens is 290 g/mol. The molecule has 1 N–H and O–H groups in total. The molecule has 2 rings (SSSR count). The van der Waals surface area contributed by atoms with Crippen molar-refractivity contribution in [1.29, 1.82) is 0 Å². The molecule has 1 aromatic heterocycles. The van der Waals surface area contributed by atoms with Crippen LogP contribution < -0.4 is 4.72 Å². The number of nitrogens with one attached hydrogen (secondary N) is 1. The summed E-state index contributed by atoms with van der Waals surface area (Å²) >= 11 is 3.07. The van der Waals surface area contributed by atoms with Crippen molar-refractivity contribution in [3.63, 3.8) is 0 Å².